The van der Waals surface area contributed by atoms with Crippen LogP contribution in [0.25, 0.3) is 27.9 Å². The lowest BCUT2D eigenvalue weighted by Gasteiger charge is -2.17. The molecule has 0 saturated carbocycles. The van der Waals surface area contributed by atoms with Crippen LogP contribution in [0.4, 0.5) is 4.39 Å². The molecule has 0 spiro atoms. The van der Waals surface area contributed by atoms with Crippen LogP contribution in [0.5, 0.6) is 0 Å². The summed E-state index contributed by atoms with van der Waals surface area (Å²) in [7, 11) is -3.16. The van der Waals surface area contributed by atoms with E-state index in [4.69, 9.17) is 4.98 Å². The number of nitrogens with one attached hydrogen (secondary N) is 2. The van der Waals surface area contributed by atoms with Crippen LogP contribution in [0.1, 0.15) is 24.0 Å². The molecule has 1 aliphatic heterocycles. The first-order valence-electron chi connectivity index (χ1n) is 9.00. The summed E-state index contributed by atoms with van der Waals surface area (Å²) < 4.78 is 41.7. The number of nitrogens with zero attached hydrogens (tertiary/aromatic N) is 1. The normalized spacial score (nSPS) is 13.6. The first-order chi connectivity index (χ1) is 13.4. The van der Waals surface area contributed by atoms with Crippen LogP contribution >= 0.6 is 11.9 Å². The van der Waals surface area contributed by atoms with Crippen molar-refractivity contribution in [3.63, 3.8) is 0 Å². The minimum atomic E-state index is -3.16. The number of unbranched alkanes of at least 4 members (excludes halogenated alkanes) is 1. The van der Waals surface area contributed by atoms with Gasteiger partial charge in [0.15, 0.2) is 0 Å². The second-order valence-electron chi connectivity index (χ2n) is 6.85. The second kappa shape index (κ2) is 7.69. The Labute approximate surface area is 167 Å². The van der Waals surface area contributed by atoms with Crippen molar-refractivity contribution in [2.24, 2.45) is 0 Å². The molecule has 0 aliphatic carbocycles. The Balaban J connectivity index is 1.71. The van der Waals surface area contributed by atoms with E-state index in [9.17, 15) is 12.8 Å². The van der Waals surface area contributed by atoms with E-state index in [1.54, 1.807) is 18.0 Å². The fraction of sp³-hybridized carbons (Fsp3) is 0.250. The molecule has 0 bridgehead atoms. The fourth-order valence-electron chi connectivity index (χ4n) is 3.38. The zero-order valence-corrected chi connectivity index (χ0v) is 17.0. The van der Waals surface area contributed by atoms with Crippen molar-refractivity contribution in [3.05, 3.63) is 53.5 Å². The molecule has 28 heavy (non-hydrogen) atoms. The molecular weight excluding hydrogens is 397 g/mol. The van der Waals surface area contributed by atoms with E-state index in [0.717, 1.165) is 57.8 Å². The number of fused-ring (bicyclic) bond motifs is 4. The molecule has 0 radical (unpaired) electrons. The van der Waals surface area contributed by atoms with Gasteiger partial charge in [-0.2, -0.15) is 0 Å². The quantitative estimate of drug-likeness (QED) is 0.361. The maximum Gasteiger partial charge on any atom is 0.208 e. The van der Waals surface area contributed by atoms with E-state index in [1.807, 2.05) is 12.3 Å². The number of rotatable bonds is 6. The Bertz CT molecular complexity index is 1190. The first-order valence-corrected chi connectivity index (χ1v) is 11.7. The molecule has 0 amide bonds. The molecule has 3 aromatic rings. The minimum Gasteiger partial charge on any atom is -0.332 e. The third-order valence-corrected chi connectivity index (χ3v) is 6.29. The Kier molecular flexibility index (Phi) is 5.27. The van der Waals surface area contributed by atoms with Crippen molar-refractivity contribution < 1.29 is 12.8 Å². The third-order valence-electron chi connectivity index (χ3n) is 4.65. The molecule has 146 valence electrons. The van der Waals surface area contributed by atoms with Crippen LogP contribution in [-0.2, 0) is 16.4 Å². The van der Waals surface area contributed by atoms with Gasteiger partial charge in [0.25, 0.3) is 0 Å². The molecule has 1 aliphatic rings. The monoisotopic (exact) mass is 417 g/mol. The van der Waals surface area contributed by atoms with E-state index in [0.29, 0.717) is 12.1 Å². The lowest BCUT2D eigenvalue weighted by atomic mass is 9.99. The molecule has 2 aromatic carbocycles. The average molecular weight is 418 g/mol. The number of benzene rings is 2. The van der Waals surface area contributed by atoms with Crippen LogP contribution in [0.15, 0.2) is 41.4 Å². The van der Waals surface area contributed by atoms with Crippen LogP contribution in [0.2, 0.25) is 0 Å². The highest BCUT2D eigenvalue weighted by atomic mass is 32.2. The topological polar surface area (TPSA) is 71.1 Å². The molecule has 0 unspecified atom stereocenters. The lowest BCUT2D eigenvalue weighted by molar-refractivity contribution is 0.583. The van der Waals surface area contributed by atoms with Crippen molar-refractivity contribution in [1.29, 1.82) is 0 Å². The summed E-state index contributed by atoms with van der Waals surface area (Å²) in [4.78, 5) is 5.88. The summed E-state index contributed by atoms with van der Waals surface area (Å²) in [6, 6.07) is 8.86. The number of aromatic nitrogens is 1. The molecule has 0 fully saturated rings. The number of pyridine rings is 1. The fourth-order valence-corrected chi connectivity index (χ4v) is 4.66. The molecule has 0 atom stereocenters. The standard InChI is InChI=1S/C20H20FN3O2S2/c1-28(25,26)23-8-3-2-4-14-10-15-7-9-22-27-20(15)17-11-13-5-6-16(21)12-18(13)24-19(14)17/h5-7,9-12,22-23H,2-4,8H2,1H3. The minimum absolute atomic E-state index is 0.301. The molecular formula is C20H20FN3O2S2. The molecule has 1 aromatic heterocycles. The van der Waals surface area contributed by atoms with E-state index in [2.05, 4.69) is 21.6 Å². The van der Waals surface area contributed by atoms with E-state index in [-0.39, 0.29) is 5.82 Å². The lowest BCUT2D eigenvalue weighted by Crippen LogP contribution is -2.22. The van der Waals surface area contributed by atoms with E-state index >= 15 is 0 Å². The van der Waals surface area contributed by atoms with Crippen LogP contribution < -0.4 is 9.44 Å². The summed E-state index contributed by atoms with van der Waals surface area (Å²) >= 11 is 1.55. The van der Waals surface area contributed by atoms with E-state index < -0.39 is 10.0 Å². The van der Waals surface area contributed by atoms with Crippen LogP contribution in [0, 0.1) is 5.82 Å². The van der Waals surface area contributed by atoms with Crippen LogP contribution in [0.3, 0.4) is 0 Å². The summed E-state index contributed by atoms with van der Waals surface area (Å²) in [5, 5.41) is 1.95. The van der Waals surface area contributed by atoms with Gasteiger partial charge in [0.2, 0.25) is 10.0 Å². The summed E-state index contributed by atoms with van der Waals surface area (Å²) in [6.45, 7) is 0.420. The van der Waals surface area contributed by atoms with Crippen molar-refractivity contribution >= 4 is 49.9 Å². The second-order valence-corrected chi connectivity index (χ2v) is 9.53. The van der Waals surface area contributed by atoms with Crippen LogP contribution in [-0.4, -0.2) is 26.2 Å². The van der Waals surface area contributed by atoms with Crippen molar-refractivity contribution in [2.75, 3.05) is 12.8 Å². The Morgan fingerprint density at radius 2 is 2.07 bits per heavy atom. The van der Waals surface area contributed by atoms with E-state index in [1.165, 1.54) is 12.1 Å². The Morgan fingerprint density at radius 1 is 1.21 bits per heavy atom. The van der Waals surface area contributed by atoms with Gasteiger partial charge in [-0.3, -0.25) is 0 Å². The largest absolute Gasteiger partial charge is 0.332 e. The highest BCUT2D eigenvalue weighted by molar-refractivity contribution is 7.97. The zero-order chi connectivity index (χ0) is 19.7. The highest BCUT2D eigenvalue weighted by Gasteiger charge is 2.16. The predicted molar refractivity (Wildman–Crippen MR) is 113 cm³/mol. The molecule has 2 N–H and O–H groups in total. The van der Waals surface area contributed by atoms with Crippen molar-refractivity contribution in [2.45, 2.75) is 24.2 Å². The van der Waals surface area contributed by atoms with Crippen molar-refractivity contribution in [1.82, 2.24) is 14.4 Å². The van der Waals surface area contributed by atoms with Crippen molar-refractivity contribution in [3.8, 4) is 0 Å². The number of hydrogen-bond acceptors (Lipinski definition) is 5. The SMILES string of the molecule is CS(=O)(=O)NCCCCc1cc2c(c3cc4ccc(F)cc4nc13)SNC=C2. The van der Waals surface area contributed by atoms with Gasteiger partial charge in [0.05, 0.1) is 17.3 Å². The van der Waals surface area contributed by atoms with Gasteiger partial charge in [0.1, 0.15) is 5.82 Å². The van der Waals surface area contributed by atoms with Gasteiger partial charge >= 0.3 is 0 Å². The number of aryl methyl sites for hydroxylation is 1. The zero-order valence-electron chi connectivity index (χ0n) is 15.3. The number of sulfonamides is 1. The maximum atomic E-state index is 13.7. The average Bonchev–Trinajstić information content (AvgIpc) is 2.65. The Morgan fingerprint density at radius 3 is 2.89 bits per heavy atom. The molecule has 4 rings (SSSR count). The summed E-state index contributed by atoms with van der Waals surface area (Å²) in [6.07, 6.45) is 7.44. The highest BCUT2D eigenvalue weighted by Crippen LogP contribution is 2.36. The van der Waals surface area contributed by atoms with Gasteiger partial charge in [-0.25, -0.2) is 22.5 Å². The van der Waals surface area contributed by atoms with Gasteiger partial charge in [-0.05, 0) is 72.7 Å². The predicted octanol–water partition coefficient (Wildman–Crippen LogP) is 3.98. The van der Waals surface area contributed by atoms with Gasteiger partial charge in [-0.1, -0.05) is 0 Å². The summed E-state index contributed by atoms with van der Waals surface area (Å²) in [5.74, 6) is -0.301. The number of halogens is 1. The summed E-state index contributed by atoms with van der Waals surface area (Å²) in [5.41, 5.74) is 3.73. The molecule has 5 nitrogen and oxygen atoms in total. The smallest absolute Gasteiger partial charge is 0.208 e. The third kappa shape index (κ3) is 4.14. The first kappa shape index (κ1) is 19.2. The number of hydrogen-bond donors (Lipinski definition) is 2. The molecule has 2 heterocycles. The van der Waals surface area contributed by atoms with Gasteiger partial charge in [0, 0.05) is 34.5 Å². The van der Waals surface area contributed by atoms with Gasteiger partial charge in [-0.15, -0.1) is 0 Å². The Hall–Kier alpha value is -2.16. The molecule has 8 heteroatoms. The maximum absolute atomic E-state index is 13.7. The van der Waals surface area contributed by atoms with Gasteiger partial charge < -0.3 is 4.72 Å². The molecule has 0 saturated heterocycles.